The lowest BCUT2D eigenvalue weighted by Gasteiger charge is -2.13. The Bertz CT molecular complexity index is 809. The van der Waals surface area contributed by atoms with Crippen LogP contribution in [0.4, 0.5) is 0 Å². The van der Waals surface area contributed by atoms with Crippen molar-refractivity contribution in [1.29, 1.82) is 0 Å². The number of hydrogen-bond donors (Lipinski definition) is 1. The van der Waals surface area contributed by atoms with Crippen LogP contribution < -0.4 is 9.46 Å². The van der Waals surface area contributed by atoms with E-state index in [2.05, 4.69) is 29.8 Å². The number of benzene rings is 2. The predicted molar refractivity (Wildman–Crippen MR) is 105 cm³/mol. The Balaban J connectivity index is 1.92. The molecule has 0 heterocycles. The molecule has 0 radical (unpaired) electrons. The fraction of sp³-hybridized carbons (Fsp3) is 0.368. The van der Waals surface area contributed by atoms with Gasteiger partial charge in [-0.3, -0.25) is 0 Å². The maximum Gasteiger partial charge on any atom is 0.241 e. The van der Waals surface area contributed by atoms with Crippen LogP contribution >= 0.6 is 11.8 Å². The molecular weight excluding hydrogens is 354 g/mol. The molecule has 4 nitrogen and oxygen atoms in total. The van der Waals surface area contributed by atoms with Crippen LogP contribution in [0.25, 0.3) is 0 Å². The van der Waals surface area contributed by atoms with Gasteiger partial charge in [-0.2, -0.15) is 11.8 Å². The zero-order valence-corrected chi connectivity index (χ0v) is 16.8. The summed E-state index contributed by atoms with van der Waals surface area (Å²) < 4.78 is 33.1. The lowest BCUT2D eigenvalue weighted by molar-refractivity contribution is 0.413. The summed E-state index contributed by atoms with van der Waals surface area (Å²) in [5.74, 6) is 2.27. The summed E-state index contributed by atoms with van der Waals surface area (Å²) in [7, 11) is -1.94. The molecule has 0 aliphatic heterocycles. The molecule has 0 saturated heterocycles. The van der Waals surface area contributed by atoms with E-state index in [0.717, 1.165) is 11.5 Å². The number of thioether (sulfide) groups is 1. The quantitative estimate of drug-likeness (QED) is 0.708. The number of rotatable bonds is 8. The van der Waals surface area contributed by atoms with Gasteiger partial charge in [0.25, 0.3) is 0 Å². The zero-order valence-electron chi connectivity index (χ0n) is 15.1. The Morgan fingerprint density at radius 1 is 1.08 bits per heavy atom. The topological polar surface area (TPSA) is 55.4 Å². The van der Waals surface area contributed by atoms with Gasteiger partial charge in [-0.05, 0) is 49.6 Å². The van der Waals surface area contributed by atoms with Crippen molar-refractivity contribution in [2.45, 2.75) is 31.4 Å². The van der Waals surface area contributed by atoms with Crippen LogP contribution in [-0.4, -0.2) is 27.8 Å². The van der Waals surface area contributed by atoms with Gasteiger partial charge in [0.15, 0.2) is 0 Å². The minimum atomic E-state index is -3.52. The largest absolute Gasteiger partial charge is 0.497 e. The fourth-order valence-electron chi connectivity index (χ4n) is 2.76. The minimum Gasteiger partial charge on any atom is -0.497 e. The highest BCUT2D eigenvalue weighted by molar-refractivity contribution is 7.98. The van der Waals surface area contributed by atoms with Gasteiger partial charge >= 0.3 is 0 Å². The molecule has 0 bridgehead atoms. The van der Waals surface area contributed by atoms with Gasteiger partial charge < -0.3 is 4.74 Å². The second kappa shape index (κ2) is 8.74. The molecule has 136 valence electrons. The number of sulfonamides is 1. The maximum absolute atomic E-state index is 12.6. The number of hydrogen-bond acceptors (Lipinski definition) is 4. The molecule has 0 amide bonds. The van der Waals surface area contributed by atoms with Crippen LogP contribution in [0.2, 0.25) is 0 Å². The molecule has 6 heteroatoms. The van der Waals surface area contributed by atoms with E-state index < -0.39 is 10.0 Å². The number of methoxy groups -OCH3 is 1. The highest BCUT2D eigenvalue weighted by atomic mass is 32.2. The van der Waals surface area contributed by atoms with Gasteiger partial charge in [0.2, 0.25) is 10.0 Å². The first-order valence-corrected chi connectivity index (χ1v) is 10.8. The second-order valence-electron chi connectivity index (χ2n) is 6.03. The van der Waals surface area contributed by atoms with E-state index in [1.54, 1.807) is 44.9 Å². The SMILES string of the molecule is COc1cc(C)c(S(=O)(=O)NCCSCc2cccc(C)c2)c(C)c1. The Morgan fingerprint density at radius 3 is 2.36 bits per heavy atom. The molecule has 2 aromatic rings. The number of aryl methyl sites for hydroxylation is 3. The molecule has 0 unspecified atom stereocenters. The molecule has 0 fully saturated rings. The Kier molecular flexibility index (Phi) is 6.93. The molecule has 2 aromatic carbocycles. The van der Waals surface area contributed by atoms with Gasteiger partial charge in [0.05, 0.1) is 12.0 Å². The second-order valence-corrected chi connectivity index (χ2v) is 8.84. The minimum absolute atomic E-state index is 0.344. The summed E-state index contributed by atoms with van der Waals surface area (Å²) >= 11 is 1.72. The molecule has 0 saturated carbocycles. The Hall–Kier alpha value is -1.50. The van der Waals surface area contributed by atoms with E-state index in [9.17, 15) is 8.42 Å². The van der Waals surface area contributed by atoms with Gasteiger partial charge in [0.1, 0.15) is 5.75 Å². The summed E-state index contributed by atoms with van der Waals surface area (Å²) in [5.41, 5.74) is 3.88. The van der Waals surface area contributed by atoms with E-state index in [0.29, 0.717) is 28.3 Å². The molecule has 0 spiro atoms. The summed E-state index contributed by atoms with van der Waals surface area (Å²) in [4.78, 5) is 0.344. The van der Waals surface area contributed by atoms with Crippen molar-refractivity contribution in [1.82, 2.24) is 4.72 Å². The molecule has 0 atom stereocenters. The van der Waals surface area contributed by atoms with Crippen molar-refractivity contribution in [3.63, 3.8) is 0 Å². The molecule has 0 aliphatic rings. The first kappa shape index (κ1) is 19.8. The van der Waals surface area contributed by atoms with Crippen LogP contribution in [0.1, 0.15) is 22.3 Å². The highest BCUT2D eigenvalue weighted by Crippen LogP contribution is 2.25. The van der Waals surface area contributed by atoms with Crippen molar-refractivity contribution in [2.24, 2.45) is 0 Å². The zero-order chi connectivity index (χ0) is 18.4. The van der Waals surface area contributed by atoms with E-state index in [1.165, 1.54) is 11.1 Å². The van der Waals surface area contributed by atoms with Gasteiger partial charge in [-0.25, -0.2) is 13.1 Å². The van der Waals surface area contributed by atoms with Crippen molar-refractivity contribution in [2.75, 3.05) is 19.4 Å². The Morgan fingerprint density at radius 2 is 1.76 bits per heavy atom. The molecule has 1 N–H and O–H groups in total. The molecule has 0 aromatic heterocycles. The van der Waals surface area contributed by atoms with E-state index in [4.69, 9.17) is 4.74 Å². The van der Waals surface area contributed by atoms with Gasteiger partial charge in [0, 0.05) is 18.1 Å². The van der Waals surface area contributed by atoms with E-state index in [-0.39, 0.29) is 0 Å². The summed E-state index contributed by atoms with van der Waals surface area (Å²) in [6.07, 6.45) is 0. The Labute approximate surface area is 155 Å². The van der Waals surface area contributed by atoms with Gasteiger partial charge in [-0.1, -0.05) is 29.8 Å². The smallest absolute Gasteiger partial charge is 0.241 e. The maximum atomic E-state index is 12.6. The standard InChI is InChI=1S/C19H25NO3S2/c1-14-6-5-7-17(10-14)13-24-9-8-20-25(21,22)19-15(2)11-18(23-4)12-16(19)3/h5-7,10-12,20H,8-9,13H2,1-4H3. The average molecular weight is 380 g/mol. The third kappa shape index (κ3) is 5.49. The lowest BCUT2D eigenvalue weighted by atomic mass is 10.1. The summed E-state index contributed by atoms with van der Waals surface area (Å²) in [6, 6.07) is 11.8. The third-order valence-corrected chi connectivity index (χ3v) is 6.62. The van der Waals surface area contributed by atoms with Crippen LogP contribution in [0.3, 0.4) is 0 Å². The summed E-state index contributed by atoms with van der Waals surface area (Å²) in [6.45, 7) is 6.05. The highest BCUT2D eigenvalue weighted by Gasteiger charge is 2.19. The molecule has 25 heavy (non-hydrogen) atoms. The van der Waals surface area contributed by atoms with E-state index >= 15 is 0 Å². The first-order chi connectivity index (χ1) is 11.8. The monoisotopic (exact) mass is 379 g/mol. The molecule has 0 aliphatic carbocycles. The van der Waals surface area contributed by atoms with Crippen LogP contribution in [-0.2, 0) is 15.8 Å². The van der Waals surface area contributed by atoms with Crippen molar-refractivity contribution < 1.29 is 13.2 Å². The molecular formula is C19H25NO3S2. The van der Waals surface area contributed by atoms with Crippen molar-refractivity contribution >= 4 is 21.8 Å². The lowest BCUT2D eigenvalue weighted by Crippen LogP contribution is -2.27. The van der Waals surface area contributed by atoms with Crippen LogP contribution in [0.5, 0.6) is 5.75 Å². The predicted octanol–water partition coefficient (Wildman–Crippen LogP) is 3.83. The normalized spacial score (nSPS) is 11.5. The fourth-order valence-corrected chi connectivity index (χ4v) is 5.18. The summed E-state index contributed by atoms with van der Waals surface area (Å²) in [5, 5.41) is 0. The third-order valence-electron chi connectivity index (χ3n) is 3.83. The van der Waals surface area contributed by atoms with Crippen molar-refractivity contribution in [3.8, 4) is 5.75 Å². The van der Waals surface area contributed by atoms with E-state index in [1.807, 2.05) is 6.07 Å². The molecule has 2 rings (SSSR count). The average Bonchev–Trinajstić information content (AvgIpc) is 2.53. The number of ether oxygens (including phenoxy) is 1. The number of nitrogens with one attached hydrogen (secondary N) is 1. The first-order valence-electron chi connectivity index (χ1n) is 8.11. The van der Waals surface area contributed by atoms with Crippen LogP contribution in [0.15, 0.2) is 41.3 Å². The van der Waals surface area contributed by atoms with Crippen molar-refractivity contribution in [3.05, 3.63) is 58.7 Å². The van der Waals surface area contributed by atoms with Gasteiger partial charge in [-0.15, -0.1) is 0 Å². The van der Waals surface area contributed by atoms with Crippen LogP contribution in [0, 0.1) is 20.8 Å².